The molecule has 0 bridgehead atoms. The standard InChI is InChI=1S/C11H20N2/c1-3-4-5-8-12-10-11-7-6-9-13(11)2/h11-12H,5-10H2,1-2H3. The molecule has 1 N–H and O–H groups in total. The molecule has 74 valence electrons. The molecule has 13 heavy (non-hydrogen) atoms. The topological polar surface area (TPSA) is 15.3 Å². The van der Waals surface area contributed by atoms with Crippen LogP contribution in [-0.2, 0) is 0 Å². The van der Waals surface area contributed by atoms with E-state index in [4.69, 9.17) is 0 Å². The van der Waals surface area contributed by atoms with Crippen molar-refractivity contribution in [1.29, 1.82) is 0 Å². The lowest BCUT2D eigenvalue weighted by Gasteiger charge is -2.19. The molecule has 0 spiro atoms. The Labute approximate surface area is 81.7 Å². The van der Waals surface area contributed by atoms with Crippen LogP contribution < -0.4 is 5.32 Å². The van der Waals surface area contributed by atoms with E-state index in [0.29, 0.717) is 0 Å². The van der Waals surface area contributed by atoms with E-state index in [0.717, 1.165) is 25.6 Å². The van der Waals surface area contributed by atoms with E-state index in [1.165, 1.54) is 19.4 Å². The third kappa shape index (κ3) is 3.80. The van der Waals surface area contributed by atoms with Crippen molar-refractivity contribution in [2.75, 3.05) is 26.7 Å². The van der Waals surface area contributed by atoms with E-state index < -0.39 is 0 Å². The summed E-state index contributed by atoms with van der Waals surface area (Å²) in [7, 11) is 2.21. The minimum absolute atomic E-state index is 0.759. The van der Waals surface area contributed by atoms with Crippen LogP contribution in [0.25, 0.3) is 0 Å². The lowest BCUT2D eigenvalue weighted by atomic mass is 10.2. The molecule has 2 nitrogen and oxygen atoms in total. The summed E-state index contributed by atoms with van der Waals surface area (Å²) in [6.07, 6.45) is 3.69. The number of likely N-dealkylation sites (tertiary alicyclic amines) is 1. The van der Waals surface area contributed by atoms with Gasteiger partial charge in [0.1, 0.15) is 0 Å². The highest BCUT2D eigenvalue weighted by molar-refractivity contribution is 4.95. The molecule has 1 aliphatic heterocycles. The van der Waals surface area contributed by atoms with Crippen LogP contribution in [0, 0.1) is 11.8 Å². The summed E-state index contributed by atoms with van der Waals surface area (Å²) in [4.78, 5) is 2.44. The Kier molecular flexibility index (Phi) is 4.88. The van der Waals surface area contributed by atoms with E-state index >= 15 is 0 Å². The van der Waals surface area contributed by atoms with Crippen molar-refractivity contribution in [2.24, 2.45) is 0 Å². The molecule has 0 aliphatic carbocycles. The van der Waals surface area contributed by atoms with Gasteiger partial charge in [0, 0.05) is 25.6 Å². The number of nitrogens with one attached hydrogen (secondary N) is 1. The van der Waals surface area contributed by atoms with Gasteiger partial charge in [0.15, 0.2) is 0 Å². The predicted octanol–water partition coefficient (Wildman–Crippen LogP) is 1.08. The third-order valence-corrected chi connectivity index (χ3v) is 2.66. The second-order valence-electron chi connectivity index (χ2n) is 3.66. The second-order valence-corrected chi connectivity index (χ2v) is 3.66. The first-order valence-corrected chi connectivity index (χ1v) is 5.15. The van der Waals surface area contributed by atoms with Crippen LogP contribution in [0.3, 0.4) is 0 Å². The lowest BCUT2D eigenvalue weighted by Crippen LogP contribution is -2.35. The highest BCUT2D eigenvalue weighted by Crippen LogP contribution is 2.13. The summed E-state index contributed by atoms with van der Waals surface area (Å²) >= 11 is 0. The average molecular weight is 180 g/mol. The summed E-state index contributed by atoms with van der Waals surface area (Å²) in [5.74, 6) is 5.96. The molecule has 1 heterocycles. The van der Waals surface area contributed by atoms with Crippen LogP contribution >= 0.6 is 0 Å². The molecule has 1 aliphatic rings. The zero-order valence-corrected chi connectivity index (χ0v) is 8.77. The Morgan fingerprint density at radius 3 is 3.00 bits per heavy atom. The van der Waals surface area contributed by atoms with Crippen LogP contribution in [0.1, 0.15) is 26.2 Å². The van der Waals surface area contributed by atoms with Crippen LogP contribution in [0.15, 0.2) is 0 Å². The van der Waals surface area contributed by atoms with Gasteiger partial charge >= 0.3 is 0 Å². The van der Waals surface area contributed by atoms with Crippen molar-refractivity contribution in [3.05, 3.63) is 0 Å². The Balaban J connectivity index is 2.01. The van der Waals surface area contributed by atoms with E-state index in [9.17, 15) is 0 Å². The van der Waals surface area contributed by atoms with Gasteiger partial charge in [-0.1, -0.05) is 0 Å². The van der Waals surface area contributed by atoms with E-state index in [1.807, 2.05) is 6.92 Å². The fourth-order valence-corrected chi connectivity index (χ4v) is 1.78. The highest BCUT2D eigenvalue weighted by atomic mass is 15.2. The lowest BCUT2D eigenvalue weighted by molar-refractivity contribution is 0.301. The molecular formula is C11H20N2. The highest BCUT2D eigenvalue weighted by Gasteiger charge is 2.19. The Hall–Kier alpha value is -0.520. The number of hydrogen-bond donors (Lipinski definition) is 1. The van der Waals surface area contributed by atoms with Crippen molar-refractivity contribution >= 4 is 0 Å². The Morgan fingerprint density at radius 2 is 2.38 bits per heavy atom. The van der Waals surface area contributed by atoms with Crippen molar-refractivity contribution in [3.63, 3.8) is 0 Å². The Bertz CT molecular complexity index is 190. The van der Waals surface area contributed by atoms with Crippen LogP contribution in [0.5, 0.6) is 0 Å². The van der Waals surface area contributed by atoms with Crippen LogP contribution in [-0.4, -0.2) is 37.6 Å². The molecule has 0 radical (unpaired) electrons. The van der Waals surface area contributed by atoms with Gasteiger partial charge in [-0.2, -0.15) is 0 Å². The minimum Gasteiger partial charge on any atom is -0.314 e. The molecular weight excluding hydrogens is 160 g/mol. The predicted molar refractivity (Wildman–Crippen MR) is 56.6 cm³/mol. The van der Waals surface area contributed by atoms with E-state index in [2.05, 4.69) is 29.1 Å². The first-order chi connectivity index (χ1) is 6.34. The summed E-state index contributed by atoms with van der Waals surface area (Å²) < 4.78 is 0. The van der Waals surface area contributed by atoms with Gasteiger partial charge in [-0.3, -0.25) is 0 Å². The zero-order chi connectivity index (χ0) is 9.52. The summed E-state index contributed by atoms with van der Waals surface area (Å²) in [6.45, 7) is 5.32. The molecule has 0 aromatic heterocycles. The number of rotatable bonds is 4. The first-order valence-electron chi connectivity index (χ1n) is 5.15. The molecule has 1 fully saturated rings. The average Bonchev–Trinajstić information content (AvgIpc) is 2.52. The SMILES string of the molecule is CC#CCCNCC1CCCN1C. The Morgan fingerprint density at radius 1 is 1.54 bits per heavy atom. The van der Waals surface area contributed by atoms with Gasteiger partial charge in [0.05, 0.1) is 0 Å². The van der Waals surface area contributed by atoms with Crippen molar-refractivity contribution in [1.82, 2.24) is 10.2 Å². The van der Waals surface area contributed by atoms with E-state index in [-0.39, 0.29) is 0 Å². The van der Waals surface area contributed by atoms with Gasteiger partial charge in [0.2, 0.25) is 0 Å². The smallest absolute Gasteiger partial charge is 0.0218 e. The van der Waals surface area contributed by atoms with Crippen molar-refractivity contribution in [3.8, 4) is 11.8 Å². The summed E-state index contributed by atoms with van der Waals surface area (Å²) in [5.41, 5.74) is 0. The van der Waals surface area contributed by atoms with Crippen LogP contribution in [0.4, 0.5) is 0 Å². The quantitative estimate of drug-likeness (QED) is 0.514. The van der Waals surface area contributed by atoms with E-state index in [1.54, 1.807) is 0 Å². The van der Waals surface area contributed by atoms with Crippen LogP contribution in [0.2, 0.25) is 0 Å². The van der Waals surface area contributed by atoms with Crippen molar-refractivity contribution in [2.45, 2.75) is 32.2 Å². The number of likely N-dealkylation sites (N-methyl/N-ethyl adjacent to an activating group) is 1. The molecule has 1 saturated heterocycles. The molecule has 0 amide bonds. The largest absolute Gasteiger partial charge is 0.314 e. The molecule has 2 heteroatoms. The zero-order valence-electron chi connectivity index (χ0n) is 8.77. The molecule has 1 unspecified atom stereocenters. The first kappa shape index (κ1) is 10.6. The molecule has 1 atom stereocenters. The molecule has 0 aromatic carbocycles. The number of hydrogen-bond acceptors (Lipinski definition) is 2. The number of nitrogens with zero attached hydrogens (tertiary/aromatic N) is 1. The maximum atomic E-state index is 3.45. The normalized spacial score (nSPS) is 22.8. The van der Waals surface area contributed by atoms with Gasteiger partial charge in [-0.25, -0.2) is 0 Å². The fraction of sp³-hybridized carbons (Fsp3) is 0.818. The summed E-state index contributed by atoms with van der Waals surface area (Å²) in [6, 6.07) is 0.759. The van der Waals surface area contributed by atoms with Crippen molar-refractivity contribution < 1.29 is 0 Å². The van der Waals surface area contributed by atoms with Gasteiger partial charge in [-0.05, 0) is 33.4 Å². The van der Waals surface area contributed by atoms with Gasteiger partial charge < -0.3 is 10.2 Å². The summed E-state index contributed by atoms with van der Waals surface area (Å²) in [5, 5.41) is 3.45. The molecule has 0 saturated carbocycles. The monoisotopic (exact) mass is 180 g/mol. The third-order valence-electron chi connectivity index (χ3n) is 2.66. The van der Waals surface area contributed by atoms with Gasteiger partial charge in [-0.15, -0.1) is 11.8 Å². The maximum absolute atomic E-state index is 3.45. The maximum Gasteiger partial charge on any atom is 0.0218 e. The fourth-order valence-electron chi connectivity index (χ4n) is 1.78. The second kappa shape index (κ2) is 6.01. The van der Waals surface area contributed by atoms with Gasteiger partial charge in [0.25, 0.3) is 0 Å². The molecule has 1 rings (SSSR count). The molecule has 0 aromatic rings. The minimum atomic E-state index is 0.759.